The molecule has 0 spiro atoms. The van der Waals surface area contributed by atoms with Crippen LogP contribution in [0.25, 0.3) is 0 Å². The molecule has 9 nitrogen and oxygen atoms in total. The molecule has 2 aromatic carbocycles. The van der Waals surface area contributed by atoms with Crippen molar-refractivity contribution in [1.29, 1.82) is 0 Å². The number of piperidine rings is 1. The molecule has 2 saturated heterocycles. The second kappa shape index (κ2) is 14.6. The number of likely N-dealkylation sites (tertiary alicyclic amines) is 1. The van der Waals surface area contributed by atoms with Crippen LogP contribution in [0.4, 0.5) is 21.9 Å². The van der Waals surface area contributed by atoms with Crippen LogP contribution in [0.1, 0.15) is 49.4 Å². The summed E-state index contributed by atoms with van der Waals surface area (Å²) in [4.78, 5) is 30.0. The normalized spacial score (nSPS) is 18.2. The zero-order chi connectivity index (χ0) is 29.3. The van der Waals surface area contributed by atoms with Crippen LogP contribution in [0, 0.1) is 0 Å². The van der Waals surface area contributed by atoms with Gasteiger partial charge in [0.25, 0.3) is 5.91 Å². The molecule has 3 aliphatic rings. The number of nitrogens with zero attached hydrogens (tertiary/aromatic N) is 3. The van der Waals surface area contributed by atoms with E-state index in [1.54, 1.807) is 36.2 Å². The number of ether oxygens (including phenoxy) is 1. The number of hydrogen-bond acceptors (Lipinski definition) is 7. The van der Waals surface area contributed by atoms with E-state index in [1.807, 2.05) is 24.3 Å². The van der Waals surface area contributed by atoms with Crippen molar-refractivity contribution in [3.63, 3.8) is 0 Å². The molecule has 2 fully saturated rings. The molecule has 0 radical (unpaired) electrons. The van der Waals surface area contributed by atoms with Crippen molar-refractivity contribution in [2.45, 2.75) is 45.1 Å². The van der Waals surface area contributed by atoms with Crippen LogP contribution in [-0.4, -0.2) is 74.2 Å². The topological polar surface area (TPSA) is 89.2 Å². The van der Waals surface area contributed by atoms with E-state index < -0.39 is 0 Å². The summed E-state index contributed by atoms with van der Waals surface area (Å²) in [7, 11) is 2.10. The summed E-state index contributed by atoms with van der Waals surface area (Å²) in [5.41, 5.74) is 4.28. The molecule has 3 heterocycles. The van der Waals surface area contributed by atoms with E-state index in [1.165, 1.54) is 10.6 Å². The molecule has 0 saturated carbocycles. The molecular weight excluding hydrogens is 548 g/mol. The van der Waals surface area contributed by atoms with Crippen molar-refractivity contribution in [3.05, 3.63) is 77.0 Å². The van der Waals surface area contributed by atoms with Gasteiger partial charge in [-0.15, -0.1) is 0 Å². The number of allylic oxidation sites excluding steroid dienone is 2. The second-order valence-electron chi connectivity index (χ2n) is 11.1. The Balaban J connectivity index is 1.14. The lowest BCUT2D eigenvalue weighted by molar-refractivity contribution is 0.0576. The van der Waals surface area contributed by atoms with E-state index in [9.17, 15) is 9.59 Å². The standard InChI is InChI=1S/C32H42N6O3S/c1-3-4-5-24-22-30(37-18-20-41-21-19-37)42-38(23-24)29-12-10-27(11-13-29)35-32(40)34-26-8-6-25(7-9-26)31(39)33-28-14-16-36(2)17-15-28/h6-13,22-23,28H,3-5,14-21H2,1-2H3,(H,33,39)(H2,34,35,40). The third kappa shape index (κ3) is 8.30. The Morgan fingerprint density at radius 3 is 2.21 bits per heavy atom. The third-order valence-electron chi connectivity index (χ3n) is 7.76. The fraction of sp³-hybridized carbons (Fsp3) is 0.438. The number of morpholine rings is 1. The molecule has 2 aromatic rings. The SMILES string of the molecule is CCCCC1=CN(c2ccc(NC(=O)Nc3ccc(C(=O)NC4CCN(C)CC4)cc3)cc2)SC(N2CCOCC2)=C1. The molecule has 0 unspecified atom stereocenters. The van der Waals surface area contributed by atoms with Crippen molar-refractivity contribution in [2.75, 3.05) is 61.4 Å². The Labute approximate surface area is 253 Å². The van der Waals surface area contributed by atoms with E-state index >= 15 is 0 Å². The minimum atomic E-state index is -0.335. The Hall–Kier alpha value is -3.47. The number of anilines is 3. The predicted molar refractivity (Wildman–Crippen MR) is 172 cm³/mol. The van der Waals surface area contributed by atoms with Crippen molar-refractivity contribution in [3.8, 4) is 0 Å². The Bertz CT molecular complexity index is 1270. The van der Waals surface area contributed by atoms with E-state index in [0.29, 0.717) is 16.9 Å². The van der Waals surface area contributed by atoms with Gasteiger partial charge in [-0.1, -0.05) is 13.3 Å². The lowest BCUT2D eigenvalue weighted by atomic mass is 10.0. The van der Waals surface area contributed by atoms with Gasteiger partial charge in [-0.3, -0.25) is 9.10 Å². The van der Waals surface area contributed by atoms with E-state index in [0.717, 1.165) is 77.2 Å². The number of hydrogen-bond donors (Lipinski definition) is 3. The van der Waals surface area contributed by atoms with Crippen LogP contribution in [0.15, 0.2) is 71.4 Å². The summed E-state index contributed by atoms with van der Waals surface area (Å²) in [6, 6.07) is 14.7. The molecule has 0 bridgehead atoms. The number of unbranched alkanes of at least 4 members (excludes halogenated alkanes) is 1. The molecule has 5 rings (SSSR count). The molecule has 3 aliphatic heterocycles. The lowest BCUT2D eigenvalue weighted by Gasteiger charge is -2.35. The first-order valence-corrected chi connectivity index (χ1v) is 15.7. The van der Waals surface area contributed by atoms with Gasteiger partial charge in [-0.05, 0) is 106 Å². The van der Waals surface area contributed by atoms with E-state index in [2.05, 4.69) is 56.3 Å². The number of carbonyl (C=O) groups is 2. The Morgan fingerprint density at radius 1 is 0.929 bits per heavy atom. The van der Waals surface area contributed by atoms with Gasteiger partial charge in [0.2, 0.25) is 0 Å². The molecular formula is C32H42N6O3S. The van der Waals surface area contributed by atoms with Crippen LogP contribution >= 0.6 is 11.9 Å². The highest BCUT2D eigenvalue weighted by molar-refractivity contribution is 8.04. The fourth-order valence-corrected chi connectivity index (χ4v) is 6.31. The molecule has 42 heavy (non-hydrogen) atoms. The fourth-order valence-electron chi connectivity index (χ4n) is 5.19. The summed E-state index contributed by atoms with van der Waals surface area (Å²) in [6.45, 7) is 7.52. The predicted octanol–water partition coefficient (Wildman–Crippen LogP) is 5.87. The van der Waals surface area contributed by atoms with Crippen LogP contribution in [-0.2, 0) is 4.74 Å². The number of carbonyl (C=O) groups excluding carboxylic acids is 2. The van der Waals surface area contributed by atoms with Crippen LogP contribution in [0.3, 0.4) is 0 Å². The number of rotatable bonds is 9. The maximum Gasteiger partial charge on any atom is 0.323 e. The van der Waals surface area contributed by atoms with Gasteiger partial charge in [-0.25, -0.2) is 4.79 Å². The summed E-state index contributed by atoms with van der Waals surface area (Å²) >= 11 is 1.72. The summed E-state index contributed by atoms with van der Waals surface area (Å²) in [5.74, 6) is -0.0765. The molecule has 0 atom stereocenters. The quantitative estimate of drug-likeness (QED) is 0.315. The molecule has 0 aliphatic carbocycles. The smallest absolute Gasteiger partial charge is 0.323 e. The van der Waals surface area contributed by atoms with Crippen molar-refractivity contribution < 1.29 is 14.3 Å². The molecule has 10 heteroatoms. The Morgan fingerprint density at radius 2 is 1.57 bits per heavy atom. The van der Waals surface area contributed by atoms with Gasteiger partial charge >= 0.3 is 6.03 Å². The zero-order valence-corrected chi connectivity index (χ0v) is 25.4. The van der Waals surface area contributed by atoms with Crippen molar-refractivity contribution in [1.82, 2.24) is 15.1 Å². The first-order chi connectivity index (χ1) is 20.5. The van der Waals surface area contributed by atoms with Gasteiger partial charge in [0.1, 0.15) is 0 Å². The lowest BCUT2D eigenvalue weighted by Crippen LogP contribution is -2.43. The van der Waals surface area contributed by atoms with Crippen molar-refractivity contribution >= 4 is 40.9 Å². The summed E-state index contributed by atoms with van der Waals surface area (Å²) in [6.07, 6.45) is 9.82. The highest BCUT2D eigenvalue weighted by atomic mass is 32.2. The minimum absolute atomic E-state index is 0.0765. The maximum absolute atomic E-state index is 12.7. The van der Waals surface area contributed by atoms with Gasteiger partial charge < -0.3 is 30.5 Å². The van der Waals surface area contributed by atoms with Crippen LogP contribution in [0.5, 0.6) is 0 Å². The summed E-state index contributed by atoms with van der Waals surface area (Å²) in [5, 5.41) is 10.1. The Kier molecular flexibility index (Phi) is 10.4. The second-order valence-corrected chi connectivity index (χ2v) is 12.1. The number of nitrogens with one attached hydrogen (secondary N) is 3. The monoisotopic (exact) mass is 590 g/mol. The minimum Gasteiger partial charge on any atom is -0.378 e. The molecule has 3 amide bonds. The highest BCUT2D eigenvalue weighted by Gasteiger charge is 2.22. The average molecular weight is 591 g/mol. The molecule has 3 N–H and O–H groups in total. The van der Waals surface area contributed by atoms with Crippen LogP contribution < -0.4 is 20.3 Å². The largest absolute Gasteiger partial charge is 0.378 e. The highest BCUT2D eigenvalue weighted by Crippen LogP contribution is 2.37. The zero-order valence-electron chi connectivity index (χ0n) is 24.6. The van der Waals surface area contributed by atoms with Gasteiger partial charge in [-0.2, -0.15) is 0 Å². The van der Waals surface area contributed by atoms with E-state index in [4.69, 9.17) is 4.74 Å². The van der Waals surface area contributed by atoms with Crippen molar-refractivity contribution in [2.24, 2.45) is 0 Å². The number of benzene rings is 2. The molecule has 224 valence electrons. The van der Waals surface area contributed by atoms with Gasteiger partial charge in [0.05, 0.1) is 23.9 Å². The average Bonchev–Trinajstić information content (AvgIpc) is 3.02. The third-order valence-corrected chi connectivity index (χ3v) is 8.84. The summed E-state index contributed by atoms with van der Waals surface area (Å²) < 4.78 is 7.77. The maximum atomic E-state index is 12.7. The van der Waals surface area contributed by atoms with E-state index in [-0.39, 0.29) is 18.0 Å². The van der Waals surface area contributed by atoms with Gasteiger partial charge in [0.15, 0.2) is 0 Å². The number of amides is 3. The first-order valence-electron chi connectivity index (χ1n) is 15.0. The molecule has 0 aromatic heterocycles. The number of urea groups is 1. The first kappa shape index (κ1) is 30.0. The van der Waals surface area contributed by atoms with Crippen LogP contribution in [0.2, 0.25) is 0 Å². The van der Waals surface area contributed by atoms with Gasteiger partial charge in [0, 0.05) is 54.2 Å².